The highest BCUT2D eigenvalue weighted by Crippen LogP contribution is 2.30. The van der Waals surface area contributed by atoms with Crippen molar-refractivity contribution in [1.29, 1.82) is 0 Å². The highest BCUT2D eigenvalue weighted by molar-refractivity contribution is 7.99. The Labute approximate surface area is 151 Å². The number of nitrogens with one attached hydrogen (secondary N) is 1. The Balaban J connectivity index is 1.56. The van der Waals surface area contributed by atoms with Gasteiger partial charge in [0.15, 0.2) is 0 Å². The fourth-order valence-electron chi connectivity index (χ4n) is 2.95. The third-order valence-electron chi connectivity index (χ3n) is 4.12. The van der Waals surface area contributed by atoms with Gasteiger partial charge < -0.3 is 14.5 Å². The third-order valence-corrected chi connectivity index (χ3v) is 4.94. The van der Waals surface area contributed by atoms with Crippen LogP contribution >= 0.6 is 11.8 Å². The van der Waals surface area contributed by atoms with Crippen LogP contribution in [-0.2, 0) is 4.79 Å². The number of thioether (sulfide) groups is 1. The Morgan fingerprint density at radius 2 is 2.08 bits per heavy atom. The fraction of sp³-hybridized carbons (Fsp3) is 0.500. The van der Waals surface area contributed by atoms with E-state index < -0.39 is 0 Å². The maximum atomic E-state index is 12.1. The van der Waals surface area contributed by atoms with E-state index in [-0.39, 0.29) is 11.7 Å². The van der Waals surface area contributed by atoms with Crippen molar-refractivity contribution in [1.82, 2.24) is 15.5 Å². The highest BCUT2D eigenvalue weighted by atomic mass is 32.2. The molecule has 25 heavy (non-hydrogen) atoms. The monoisotopic (exact) mass is 361 g/mol. The molecule has 0 spiro atoms. The summed E-state index contributed by atoms with van der Waals surface area (Å²) in [7, 11) is 0. The van der Waals surface area contributed by atoms with E-state index in [1.165, 1.54) is 31.0 Å². The lowest BCUT2D eigenvalue weighted by atomic mass is 9.95. The molecule has 2 aromatic rings. The molecule has 1 aliphatic carbocycles. The smallest absolute Gasteiger partial charge is 0.277 e. The Morgan fingerprint density at radius 3 is 2.88 bits per heavy atom. The summed E-state index contributed by atoms with van der Waals surface area (Å²) in [5, 5.41) is 11.6. The number of hydrogen-bond donors (Lipinski definition) is 1. The summed E-state index contributed by atoms with van der Waals surface area (Å²) in [5.74, 6) is 1.41. The van der Waals surface area contributed by atoms with Gasteiger partial charge in [-0.2, -0.15) is 0 Å². The largest absolute Gasteiger partial charge is 0.493 e. The van der Waals surface area contributed by atoms with E-state index >= 15 is 0 Å². The first-order valence-corrected chi connectivity index (χ1v) is 9.72. The van der Waals surface area contributed by atoms with Crippen LogP contribution in [0.2, 0.25) is 0 Å². The van der Waals surface area contributed by atoms with Gasteiger partial charge in [0.1, 0.15) is 5.75 Å². The Kier molecular flexibility index (Phi) is 6.33. The minimum atomic E-state index is 0.0198. The van der Waals surface area contributed by atoms with E-state index in [9.17, 15) is 4.79 Å². The second-order valence-corrected chi connectivity index (χ2v) is 6.92. The van der Waals surface area contributed by atoms with Crippen molar-refractivity contribution < 1.29 is 13.9 Å². The Hall–Kier alpha value is -2.02. The molecule has 1 amide bonds. The van der Waals surface area contributed by atoms with E-state index in [0.29, 0.717) is 29.5 Å². The maximum absolute atomic E-state index is 12.1. The van der Waals surface area contributed by atoms with Gasteiger partial charge in [0.2, 0.25) is 5.91 Å². The molecule has 0 radical (unpaired) electrons. The molecule has 1 heterocycles. The van der Waals surface area contributed by atoms with Gasteiger partial charge in [0.05, 0.1) is 17.9 Å². The van der Waals surface area contributed by atoms with Crippen molar-refractivity contribution in [2.75, 3.05) is 12.4 Å². The summed E-state index contributed by atoms with van der Waals surface area (Å²) >= 11 is 1.26. The number of carbonyl (C=O) groups is 1. The second kappa shape index (κ2) is 8.89. The van der Waals surface area contributed by atoms with E-state index in [1.54, 1.807) is 0 Å². The van der Waals surface area contributed by atoms with Crippen LogP contribution in [0.5, 0.6) is 5.75 Å². The quantitative estimate of drug-likeness (QED) is 0.758. The molecule has 1 N–H and O–H groups in total. The molecule has 3 rings (SSSR count). The van der Waals surface area contributed by atoms with Gasteiger partial charge in [-0.05, 0) is 31.9 Å². The first-order chi connectivity index (χ1) is 12.3. The second-order valence-electron chi connectivity index (χ2n) is 5.99. The first-order valence-electron chi connectivity index (χ1n) is 8.74. The van der Waals surface area contributed by atoms with Crippen LogP contribution in [0.3, 0.4) is 0 Å². The minimum Gasteiger partial charge on any atom is -0.493 e. The molecular weight excluding hydrogens is 338 g/mol. The first kappa shape index (κ1) is 17.8. The van der Waals surface area contributed by atoms with Gasteiger partial charge in [0, 0.05) is 6.04 Å². The van der Waals surface area contributed by atoms with Crippen LogP contribution in [0, 0.1) is 0 Å². The number of amides is 1. The fourth-order valence-corrected chi connectivity index (χ4v) is 3.52. The van der Waals surface area contributed by atoms with Crippen molar-refractivity contribution in [3.8, 4) is 17.2 Å². The van der Waals surface area contributed by atoms with E-state index in [1.807, 2.05) is 31.2 Å². The van der Waals surface area contributed by atoms with E-state index in [4.69, 9.17) is 9.15 Å². The van der Waals surface area contributed by atoms with E-state index in [0.717, 1.165) is 18.4 Å². The molecule has 0 saturated heterocycles. The molecule has 1 aromatic heterocycles. The standard InChI is InChI=1S/C18H23N3O3S/c1-2-23-15-11-7-6-10-14(15)17-20-21-18(24-17)25-12-16(22)19-13-8-4-3-5-9-13/h6-7,10-11,13H,2-5,8-9,12H2,1H3,(H,19,22). The van der Waals surface area contributed by atoms with Gasteiger partial charge in [-0.3, -0.25) is 4.79 Å². The van der Waals surface area contributed by atoms with Gasteiger partial charge >= 0.3 is 0 Å². The third kappa shape index (κ3) is 4.98. The van der Waals surface area contributed by atoms with Gasteiger partial charge in [-0.1, -0.05) is 43.2 Å². The Morgan fingerprint density at radius 1 is 1.28 bits per heavy atom. The summed E-state index contributed by atoms with van der Waals surface area (Å²) < 4.78 is 11.3. The SMILES string of the molecule is CCOc1ccccc1-c1nnc(SCC(=O)NC2CCCCC2)o1. The minimum absolute atomic E-state index is 0.0198. The lowest BCUT2D eigenvalue weighted by molar-refractivity contribution is -0.119. The lowest BCUT2D eigenvalue weighted by Crippen LogP contribution is -2.37. The van der Waals surface area contributed by atoms with Gasteiger partial charge in [-0.25, -0.2) is 0 Å². The molecule has 6 nitrogen and oxygen atoms in total. The summed E-state index contributed by atoms with van der Waals surface area (Å²) in [6.07, 6.45) is 5.83. The summed E-state index contributed by atoms with van der Waals surface area (Å²) in [5.41, 5.74) is 0.760. The predicted octanol–water partition coefficient (Wildman–Crippen LogP) is 3.68. The highest BCUT2D eigenvalue weighted by Gasteiger charge is 2.17. The normalized spacial score (nSPS) is 15.1. The van der Waals surface area contributed by atoms with Crippen LogP contribution < -0.4 is 10.1 Å². The van der Waals surface area contributed by atoms with Gasteiger partial charge in [0.25, 0.3) is 11.1 Å². The molecule has 7 heteroatoms. The number of para-hydroxylation sites is 1. The summed E-state index contributed by atoms with van der Waals surface area (Å²) in [4.78, 5) is 12.1. The molecule has 1 aliphatic rings. The van der Waals surface area contributed by atoms with Crippen molar-refractivity contribution in [3.05, 3.63) is 24.3 Å². The van der Waals surface area contributed by atoms with Crippen LogP contribution in [0.25, 0.3) is 11.5 Å². The zero-order chi connectivity index (χ0) is 17.5. The average Bonchev–Trinajstić information content (AvgIpc) is 3.10. The predicted molar refractivity (Wildman–Crippen MR) is 96.6 cm³/mol. The van der Waals surface area contributed by atoms with Crippen molar-refractivity contribution in [3.63, 3.8) is 0 Å². The molecule has 1 fully saturated rings. The molecule has 0 aliphatic heterocycles. The van der Waals surface area contributed by atoms with Crippen LogP contribution in [0.4, 0.5) is 0 Å². The molecule has 134 valence electrons. The number of ether oxygens (including phenoxy) is 1. The van der Waals surface area contributed by atoms with Crippen molar-refractivity contribution in [2.24, 2.45) is 0 Å². The number of carbonyl (C=O) groups excluding carboxylic acids is 1. The molecule has 0 atom stereocenters. The number of rotatable bonds is 7. The summed E-state index contributed by atoms with van der Waals surface area (Å²) in [6.45, 7) is 2.49. The van der Waals surface area contributed by atoms with Crippen molar-refractivity contribution >= 4 is 17.7 Å². The van der Waals surface area contributed by atoms with Crippen LogP contribution in [0.1, 0.15) is 39.0 Å². The molecule has 0 unspecified atom stereocenters. The maximum Gasteiger partial charge on any atom is 0.277 e. The molecular formula is C18H23N3O3S. The zero-order valence-electron chi connectivity index (χ0n) is 14.4. The van der Waals surface area contributed by atoms with Gasteiger partial charge in [-0.15, -0.1) is 10.2 Å². The Bertz CT molecular complexity index is 698. The topological polar surface area (TPSA) is 77.2 Å². The van der Waals surface area contributed by atoms with Crippen LogP contribution in [0.15, 0.2) is 33.9 Å². The number of nitrogens with zero attached hydrogens (tertiary/aromatic N) is 2. The molecule has 0 bridgehead atoms. The van der Waals surface area contributed by atoms with Crippen LogP contribution in [-0.4, -0.2) is 34.5 Å². The lowest BCUT2D eigenvalue weighted by Gasteiger charge is -2.22. The zero-order valence-corrected chi connectivity index (χ0v) is 15.2. The molecule has 1 saturated carbocycles. The van der Waals surface area contributed by atoms with Crippen molar-refractivity contribution in [2.45, 2.75) is 50.3 Å². The summed E-state index contributed by atoms with van der Waals surface area (Å²) in [6, 6.07) is 7.86. The average molecular weight is 361 g/mol. The number of aromatic nitrogens is 2. The molecule has 1 aromatic carbocycles. The number of hydrogen-bond acceptors (Lipinski definition) is 6. The number of benzene rings is 1. The van der Waals surface area contributed by atoms with E-state index in [2.05, 4.69) is 15.5 Å².